The normalized spacial score (nSPS) is 11.0. The second kappa shape index (κ2) is 8.38. The third kappa shape index (κ3) is 4.57. The molecule has 3 aromatic carbocycles. The van der Waals surface area contributed by atoms with E-state index in [1.807, 2.05) is 0 Å². The zero-order valence-corrected chi connectivity index (χ0v) is 15.0. The van der Waals surface area contributed by atoms with Gasteiger partial charge in [0.05, 0.1) is 5.56 Å². The maximum absolute atomic E-state index is 14.4. The van der Waals surface area contributed by atoms with Crippen LogP contribution in [0.15, 0.2) is 54.6 Å². The molecule has 0 aliphatic rings. The molecule has 0 unspecified atom stereocenters. The smallest absolute Gasteiger partial charge is 0.206 e. The number of benzene rings is 3. The maximum Gasteiger partial charge on any atom is 0.271 e. The number of hydrogen-bond acceptors (Lipinski definition) is 0. The predicted octanol–water partition coefficient (Wildman–Crippen LogP) is 7.09. The summed E-state index contributed by atoms with van der Waals surface area (Å²) in [6.45, 7) is 2.15. The SMILES string of the molecule is CCCc1ccc(CCc2ccc3c(F)c(C=C(F)F)c(F)cc3c2)cc1. The van der Waals surface area contributed by atoms with Crippen molar-refractivity contribution >= 4 is 16.8 Å². The minimum Gasteiger partial charge on any atom is -0.206 e. The minimum absolute atomic E-state index is 0.136. The van der Waals surface area contributed by atoms with Crippen LogP contribution in [-0.4, -0.2) is 0 Å². The lowest BCUT2D eigenvalue weighted by Gasteiger charge is -2.08. The van der Waals surface area contributed by atoms with Crippen LogP contribution in [0.25, 0.3) is 16.8 Å². The second-order valence-corrected chi connectivity index (χ2v) is 6.64. The third-order valence-corrected chi connectivity index (χ3v) is 4.65. The molecule has 0 amide bonds. The first-order valence-corrected chi connectivity index (χ1v) is 8.99. The second-order valence-electron chi connectivity index (χ2n) is 6.64. The summed E-state index contributed by atoms with van der Waals surface area (Å²) in [6, 6.07) is 14.6. The number of fused-ring (bicyclic) bond motifs is 1. The van der Waals surface area contributed by atoms with E-state index in [-0.39, 0.29) is 11.5 Å². The highest BCUT2D eigenvalue weighted by molar-refractivity contribution is 5.86. The molecule has 0 saturated heterocycles. The summed E-state index contributed by atoms with van der Waals surface area (Å²) in [5.74, 6) is -1.95. The summed E-state index contributed by atoms with van der Waals surface area (Å²) < 4.78 is 53.2. The van der Waals surface area contributed by atoms with E-state index in [2.05, 4.69) is 31.2 Å². The molecular weight excluding hydrogens is 352 g/mol. The highest BCUT2D eigenvalue weighted by atomic mass is 19.3. The molecule has 0 saturated carbocycles. The first kappa shape index (κ1) is 19.2. The van der Waals surface area contributed by atoms with Crippen molar-refractivity contribution in [3.63, 3.8) is 0 Å². The standard InChI is InChI=1S/C23H20F4/c1-2-3-15-4-6-16(7-5-15)8-9-17-10-11-19-18(12-17)13-21(24)20(23(19)27)14-22(25)26/h4-7,10-14H,2-3,8-9H2,1H3. The molecule has 3 rings (SSSR count). The molecule has 0 atom stereocenters. The number of rotatable bonds is 6. The largest absolute Gasteiger partial charge is 0.271 e. The van der Waals surface area contributed by atoms with Gasteiger partial charge < -0.3 is 0 Å². The Balaban J connectivity index is 1.81. The Kier molecular flexibility index (Phi) is 5.94. The topological polar surface area (TPSA) is 0 Å². The molecule has 0 aliphatic heterocycles. The Morgan fingerprint density at radius 2 is 1.41 bits per heavy atom. The van der Waals surface area contributed by atoms with Crippen LogP contribution in [0.5, 0.6) is 0 Å². The van der Waals surface area contributed by atoms with Gasteiger partial charge >= 0.3 is 0 Å². The average Bonchev–Trinajstić information content (AvgIpc) is 2.64. The predicted molar refractivity (Wildman–Crippen MR) is 102 cm³/mol. The highest BCUT2D eigenvalue weighted by Gasteiger charge is 2.13. The van der Waals surface area contributed by atoms with Gasteiger partial charge in [-0.05, 0) is 47.4 Å². The Labute approximate surface area is 156 Å². The Morgan fingerprint density at radius 1 is 0.815 bits per heavy atom. The molecule has 0 heterocycles. The molecule has 140 valence electrons. The van der Waals surface area contributed by atoms with Crippen LogP contribution in [0, 0.1) is 11.6 Å². The lowest BCUT2D eigenvalue weighted by atomic mass is 9.98. The van der Waals surface area contributed by atoms with E-state index in [1.165, 1.54) is 17.2 Å². The lowest BCUT2D eigenvalue weighted by molar-refractivity contribution is 0.428. The molecule has 0 bridgehead atoms. The van der Waals surface area contributed by atoms with Gasteiger partial charge in [-0.3, -0.25) is 0 Å². The van der Waals surface area contributed by atoms with Crippen molar-refractivity contribution in [1.29, 1.82) is 0 Å². The molecule has 0 fully saturated rings. The van der Waals surface area contributed by atoms with Crippen molar-refractivity contribution in [2.45, 2.75) is 32.6 Å². The fourth-order valence-corrected chi connectivity index (χ4v) is 3.24. The van der Waals surface area contributed by atoms with Crippen molar-refractivity contribution in [1.82, 2.24) is 0 Å². The molecule has 3 aromatic rings. The molecular formula is C23H20F4. The van der Waals surface area contributed by atoms with Crippen LogP contribution in [0.3, 0.4) is 0 Å². The summed E-state index contributed by atoms with van der Waals surface area (Å²) >= 11 is 0. The Morgan fingerprint density at radius 3 is 2.04 bits per heavy atom. The van der Waals surface area contributed by atoms with Gasteiger partial charge in [0, 0.05) is 11.5 Å². The van der Waals surface area contributed by atoms with Gasteiger partial charge in [0.1, 0.15) is 11.6 Å². The quantitative estimate of drug-likeness (QED) is 0.405. The first-order valence-electron chi connectivity index (χ1n) is 8.99. The Bertz CT molecular complexity index is 968. The van der Waals surface area contributed by atoms with Crippen LogP contribution in [-0.2, 0) is 19.3 Å². The van der Waals surface area contributed by atoms with Gasteiger partial charge in [0.15, 0.2) is 0 Å². The summed E-state index contributed by atoms with van der Waals surface area (Å²) in [6.07, 6.45) is 1.81. The summed E-state index contributed by atoms with van der Waals surface area (Å²) in [5.41, 5.74) is 2.75. The molecule has 0 aromatic heterocycles. The van der Waals surface area contributed by atoms with Crippen molar-refractivity contribution in [2.75, 3.05) is 0 Å². The molecule has 4 heteroatoms. The summed E-state index contributed by atoms with van der Waals surface area (Å²) in [7, 11) is 0. The molecule has 0 radical (unpaired) electrons. The van der Waals surface area contributed by atoms with E-state index < -0.39 is 23.3 Å². The minimum atomic E-state index is -2.13. The van der Waals surface area contributed by atoms with Gasteiger partial charge in [-0.1, -0.05) is 55.8 Å². The van der Waals surface area contributed by atoms with Gasteiger partial charge in [0.2, 0.25) is 0 Å². The van der Waals surface area contributed by atoms with Gasteiger partial charge in [-0.2, -0.15) is 8.78 Å². The fraction of sp³-hybridized carbons (Fsp3) is 0.217. The lowest BCUT2D eigenvalue weighted by Crippen LogP contribution is -1.95. The van der Waals surface area contributed by atoms with Crippen LogP contribution in [0.1, 0.15) is 35.6 Å². The van der Waals surface area contributed by atoms with Crippen LogP contribution < -0.4 is 0 Å². The fourth-order valence-electron chi connectivity index (χ4n) is 3.24. The van der Waals surface area contributed by atoms with E-state index in [0.717, 1.165) is 37.3 Å². The highest BCUT2D eigenvalue weighted by Crippen LogP contribution is 2.27. The van der Waals surface area contributed by atoms with Gasteiger partial charge in [-0.15, -0.1) is 0 Å². The third-order valence-electron chi connectivity index (χ3n) is 4.65. The van der Waals surface area contributed by atoms with Crippen molar-refractivity contribution in [2.24, 2.45) is 0 Å². The van der Waals surface area contributed by atoms with Crippen LogP contribution in [0.4, 0.5) is 17.6 Å². The average molecular weight is 372 g/mol. The number of aryl methyl sites for hydroxylation is 3. The van der Waals surface area contributed by atoms with Crippen LogP contribution in [0.2, 0.25) is 0 Å². The zero-order chi connectivity index (χ0) is 19.4. The molecule has 0 N–H and O–H groups in total. The van der Waals surface area contributed by atoms with Gasteiger partial charge in [0.25, 0.3) is 6.08 Å². The monoisotopic (exact) mass is 372 g/mol. The molecule has 0 nitrogen and oxygen atoms in total. The van der Waals surface area contributed by atoms with Crippen LogP contribution >= 0.6 is 0 Å². The molecule has 27 heavy (non-hydrogen) atoms. The van der Waals surface area contributed by atoms with E-state index in [1.54, 1.807) is 12.1 Å². The van der Waals surface area contributed by atoms with Crippen molar-refractivity contribution in [3.8, 4) is 0 Å². The number of hydrogen-bond donors (Lipinski definition) is 0. The first-order chi connectivity index (χ1) is 13.0. The molecule has 0 spiro atoms. The summed E-state index contributed by atoms with van der Waals surface area (Å²) in [5, 5.41) is 0.508. The zero-order valence-electron chi connectivity index (χ0n) is 15.0. The summed E-state index contributed by atoms with van der Waals surface area (Å²) in [4.78, 5) is 0. The maximum atomic E-state index is 14.4. The van der Waals surface area contributed by atoms with Crippen molar-refractivity contribution < 1.29 is 17.6 Å². The van der Waals surface area contributed by atoms with Gasteiger partial charge in [-0.25, -0.2) is 8.78 Å². The van der Waals surface area contributed by atoms with E-state index in [9.17, 15) is 17.6 Å². The Hall–Kier alpha value is -2.62. The van der Waals surface area contributed by atoms with E-state index in [4.69, 9.17) is 0 Å². The molecule has 0 aliphatic carbocycles. The number of halogens is 4. The van der Waals surface area contributed by atoms with E-state index in [0.29, 0.717) is 5.39 Å². The van der Waals surface area contributed by atoms with E-state index >= 15 is 0 Å². The van der Waals surface area contributed by atoms with Crippen molar-refractivity contribution in [3.05, 3.63) is 88.5 Å².